The van der Waals surface area contributed by atoms with Gasteiger partial charge in [-0.2, -0.15) is 8.42 Å². The quantitative estimate of drug-likeness (QED) is 0.633. The molecule has 94 valence electrons. The zero-order valence-electron chi connectivity index (χ0n) is 8.65. The summed E-state index contributed by atoms with van der Waals surface area (Å²) in [7, 11) is -3.71. The zero-order chi connectivity index (χ0) is 13.1. The molecule has 0 spiro atoms. The number of nitrogens with zero attached hydrogens (tertiary/aromatic N) is 1. The van der Waals surface area contributed by atoms with Crippen molar-refractivity contribution in [2.24, 2.45) is 5.16 Å². The van der Waals surface area contributed by atoms with Crippen molar-refractivity contribution in [3.05, 3.63) is 33.8 Å². The van der Waals surface area contributed by atoms with E-state index < -0.39 is 10.1 Å². The van der Waals surface area contributed by atoms with E-state index in [-0.39, 0.29) is 26.5 Å². The van der Waals surface area contributed by atoms with Gasteiger partial charge in [-0.25, -0.2) is 0 Å². The molecule has 0 saturated heterocycles. The number of oxime groups is 1. The molecule has 0 fully saturated rings. The van der Waals surface area contributed by atoms with Crippen molar-refractivity contribution < 1.29 is 12.7 Å². The molecule has 0 aliphatic heterocycles. The first kappa shape index (κ1) is 14.6. The van der Waals surface area contributed by atoms with Gasteiger partial charge in [-0.15, -0.1) is 0 Å². The van der Waals surface area contributed by atoms with E-state index in [1.165, 1.54) is 6.92 Å². The molecular formula is C9H8Cl3NO3S. The van der Waals surface area contributed by atoms with Crippen LogP contribution in [-0.2, 0) is 14.4 Å². The van der Waals surface area contributed by atoms with Gasteiger partial charge < -0.3 is 0 Å². The lowest BCUT2D eigenvalue weighted by Gasteiger charge is -2.04. The topological polar surface area (TPSA) is 55.7 Å². The maximum Gasteiger partial charge on any atom is 0.328 e. The first-order valence-electron chi connectivity index (χ1n) is 4.46. The lowest BCUT2D eigenvalue weighted by Crippen LogP contribution is -2.06. The summed E-state index contributed by atoms with van der Waals surface area (Å²) in [5, 5.41) is 3.57. The second-order valence-electron chi connectivity index (χ2n) is 2.90. The summed E-state index contributed by atoms with van der Waals surface area (Å²) in [6.07, 6.45) is 0. The van der Waals surface area contributed by atoms with E-state index in [1.807, 2.05) is 0 Å². The first-order chi connectivity index (χ1) is 7.87. The summed E-state index contributed by atoms with van der Waals surface area (Å²) < 4.78 is 26.4. The van der Waals surface area contributed by atoms with Gasteiger partial charge >= 0.3 is 10.1 Å². The third-order valence-electron chi connectivity index (χ3n) is 1.75. The third-order valence-corrected chi connectivity index (χ3v) is 3.65. The largest absolute Gasteiger partial charge is 0.328 e. The number of hydrogen-bond acceptors (Lipinski definition) is 4. The molecule has 4 nitrogen and oxygen atoms in total. The molecule has 0 aliphatic carbocycles. The lowest BCUT2D eigenvalue weighted by molar-refractivity contribution is 0.341. The van der Waals surface area contributed by atoms with Crippen molar-refractivity contribution in [3.8, 4) is 0 Å². The first-order valence-corrected chi connectivity index (χ1v) is 7.17. The molecule has 8 heteroatoms. The van der Waals surface area contributed by atoms with Crippen LogP contribution < -0.4 is 0 Å². The zero-order valence-corrected chi connectivity index (χ0v) is 11.7. The highest BCUT2D eigenvalue weighted by Crippen LogP contribution is 2.26. The fourth-order valence-corrected chi connectivity index (χ4v) is 2.13. The van der Waals surface area contributed by atoms with Crippen LogP contribution in [0.4, 0.5) is 0 Å². The fraction of sp³-hybridized carbons (Fsp3) is 0.222. The van der Waals surface area contributed by atoms with Crippen LogP contribution in [0.5, 0.6) is 0 Å². The molecule has 0 radical (unpaired) electrons. The van der Waals surface area contributed by atoms with Crippen LogP contribution >= 0.6 is 34.8 Å². The van der Waals surface area contributed by atoms with Crippen LogP contribution in [0, 0.1) is 0 Å². The Morgan fingerprint density at radius 1 is 1.35 bits per heavy atom. The number of hydrogen-bond donors (Lipinski definition) is 0. The molecule has 0 saturated carbocycles. The lowest BCUT2D eigenvalue weighted by atomic mass is 10.2. The van der Waals surface area contributed by atoms with Crippen molar-refractivity contribution >= 4 is 50.1 Å². The second kappa shape index (κ2) is 5.91. The standard InChI is InChI=1S/C9H8Cl3NO3S/c1-2-17(14,15)16-13-9(12)8-6(10)4-3-5-7(8)11/h3-5H,2H2,1H3. The SMILES string of the molecule is CCS(=O)(=O)ON=C(Cl)c1c(Cl)cccc1Cl. The highest BCUT2D eigenvalue weighted by atomic mass is 35.5. The third kappa shape index (κ3) is 4.03. The summed E-state index contributed by atoms with van der Waals surface area (Å²) in [6, 6.07) is 4.73. The van der Waals surface area contributed by atoms with Crippen molar-refractivity contribution in [2.75, 3.05) is 5.75 Å². The molecule has 0 atom stereocenters. The Morgan fingerprint density at radius 2 is 1.88 bits per heavy atom. The van der Waals surface area contributed by atoms with Crippen LogP contribution in [0.1, 0.15) is 12.5 Å². The van der Waals surface area contributed by atoms with Crippen molar-refractivity contribution in [1.29, 1.82) is 0 Å². The van der Waals surface area contributed by atoms with Gasteiger partial charge in [-0.3, -0.25) is 4.28 Å². The minimum atomic E-state index is -3.71. The van der Waals surface area contributed by atoms with E-state index >= 15 is 0 Å². The van der Waals surface area contributed by atoms with Gasteiger partial charge in [0, 0.05) is 0 Å². The minimum Gasteiger partial charge on any atom is -0.267 e. The van der Waals surface area contributed by atoms with Crippen molar-refractivity contribution in [2.45, 2.75) is 6.92 Å². The normalized spacial score (nSPS) is 12.6. The summed E-state index contributed by atoms with van der Waals surface area (Å²) in [6.45, 7) is 1.42. The number of rotatable bonds is 4. The van der Waals surface area contributed by atoms with E-state index in [4.69, 9.17) is 34.8 Å². The molecule has 0 unspecified atom stereocenters. The minimum absolute atomic E-state index is 0.211. The molecule has 17 heavy (non-hydrogen) atoms. The van der Waals surface area contributed by atoms with E-state index in [0.717, 1.165) is 0 Å². The van der Waals surface area contributed by atoms with Gasteiger partial charge in [0.15, 0.2) is 5.17 Å². The molecule has 0 aromatic heterocycles. The Balaban J connectivity index is 3.05. The molecule has 0 bridgehead atoms. The Morgan fingerprint density at radius 3 is 2.35 bits per heavy atom. The Hall–Kier alpha value is -0.490. The van der Waals surface area contributed by atoms with Crippen LogP contribution in [-0.4, -0.2) is 19.3 Å². The predicted octanol–water partition coefficient (Wildman–Crippen LogP) is 3.26. The van der Waals surface area contributed by atoms with Gasteiger partial charge in [-0.05, 0) is 19.1 Å². The Labute approximate surface area is 114 Å². The highest BCUT2D eigenvalue weighted by molar-refractivity contribution is 7.86. The predicted molar refractivity (Wildman–Crippen MR) is 69.4 cm³/mol. The molecule has 0 N–H and O–H groups in total. The van der Waals surface area contributed by atoms with Gasteiger partial charge in [0.05, 0.1) is 21.4 Å². The van der Waals surface area contributed by atoms with Crippen LogP contribution in [0.25, 0.3) is 0 Å². The average molecular weight is 317 g/mol. The molecular weight excluding hydrogens is 309 g/mol. The van der Waals surface area contributed by atoms with Crippen LogP contribution in [0.15, 0.2) is 23.4 Å². The van der Waals surface area contributed by atoms with Gasteiger partial charge in [0.2, 0.25) is 0 Å². The van der Waals surface area contributed by atoms with Crippen molar-refractivity contribution in [1.82, 2.24) is 0 Å². The molecule has 1 aromatic rings. The van der Waals surface area contributed by atoms with E-state index in [1.54, 1.807) is 18.2 Å². The molecule has 1 rings (SSSR count). The smallest absolute Gasteiger partial charge is 0.267 e. The second-order valence-corrected chi connectivity index (χ2v) is 5.91. The highest BCUT2D eigenvalue weighted by Gasteiger charge is 2.13. The van der Waals surface area contributed by atoms with Gasteiger partial charge in [0.25, 0.3) is 0 Å². The van der Waals surface area contributed by atoms with Gasteiger partial charge in [0.1, 0.15) is 0 Å². The summed E-state index contributed by atoms with van der Waals surface area (Å²) in [4.78, 5) is 0. The molecule has 0 aliphatic rings. The Bertz CT molecular complexity index is 522. The maximum absolute atomic E-state index is 11.1. The summed E-state index contributed by atoms with van der Waals surface area (Å²) in [5.41, 5.74) is 0.226. The fourth-order valence-electron chi connectivity index (χ4n) is 0.883. The summed E-state index contributed by atoms with van der Waals surface area (Å²) >= 11 is 17.5. The average Bonchev–Trinajstić information content (AvgIpc) is 2.26. The van der Waals surface area contributed by atoms with E-state index in [0.29, 0.717) is 0 Å². The molecule has 0 amide bonds. The number of benzene rings is 1. The molecule has 1 aromatic carbocycles. The van der Waals surface area contributed by atoms with Crippen LogP contribution in [0.2, 0.25) is 10.0 Å². The maximum atomic E-state index is 11.1. The molecule has 0 heterocycles. The summed E-state index contributed by atoms with van der Waals surface area (Å²) in [5.74, 6) is -0.211. The van der Waals surface area contributed by atoms with Crippen LogP contribution in [0.3, 0.4) is 0 Å². The monoisotopic (exact) mass is 315 g/mol. The Kier molecular flexibility index (Phi) is 5.06. The van der Waals surface area contributed by atoms with E-state index in [9.17, 15) is 8.42 Å². The van der Waals surface area contributed by atoms with Crippen molar-refractivity contribution in [3.63, 3.8) is 0 Å². The number of halogens is 3. The van der Waals surface area contributed by atoms with E-state index in [2.05, 4.69) is 9.44 Å². The van der Waals surface area contributed by atoms with Gasteiger partial charge in [-0.1, -0.05) is 46.0 Å².